The summed E-state index contributed by atoms with van der Waals surface area (Å²) in [6.07, 6.45) is 0.670. The molecule has 8 heteroatoms. The summed E-state index contributed by atoms with van der Waals surface area (Å²) >= 11 is 0. The van der Waals surface area contributed by atoms with Gasteiger partial charge in [0.25, 0.3) is 0 Å². The molecule has 1 aromatic rings. The third kappa shape index (κ3) is 7.58. The predicted octanol–water partition coefficient (Wildman–Crippen LogP) is 3.30. The Labute approximate surface area is 162 Å². The number of hydrogen-bond donors (Lipinski definition) is 1. The summed E-state index contributed by atoms with van der Waals surface area (Å²) in [6.45, 7) is 8.86. The van der Waals surface area contributed by atoms with Crippen LogP contribution >= 0.6 is 0 Å². The molecule has 0 aromatic heterocycles. The number of benzene rings is 1. The van der Waals surface area contributed by atoms with Crippen molar-refractivity contribution in [2.75, 3.05) is 12.9 Å². The van der Waals surface area contributed by atoms with Crippen molar-refractivity contribution in [2.45, 2.75) is 52.0 Å². The summed E-state index contributed by atoms with van der Waals surface area (Å²) in [5.74, 6) is -0.217. The molecule has 1 unspecified atom stereocenters. The molecule has 0 saturated carbocycles. The van der Waals surface area contributed by atoms with Gasteiger partial charge in [-0.15, -0.1) is 0 Å². The van der Waals surface area contributed by atoms with Gasteiger partial charge in [-0.1, -0.05) is 43.3 Å². The van der Waals surface area contributed by atoms with E-state index in [1.54, 1.807) is 51.3 Å². The van der Waals surface area contributed by atoms with E-state index in [2.05, 4.69) is 15.3 Å². The molecule has 0 fully saturated rings. The average molecular weight is 399 g/mol. The Morgan fingerprint density at radius 1 is 1.15 bits per heavy atom. The van der Waals surface area contributed by atoms with E-state index in [0.717, 1.165) is 5.56 Å². The molecule has 27 heavy (non-hydrogen) atoms. The maximum absolute atomic E-state index is 12.9. The molecule has 1 aromatic carbocycles. The van der Waals surface area contributed by atoms with Crippen molar-refractivity contribution in [1.29, 1.82) is 0 Å². The Morgan fingerprint density at radius 2 is 1.74 bits per heavy atom. The monoisotopic (exact) mass is 398 g/mol. The van der Waals surface area contributed by atoms with Crippen LogP contribution in [0.4, 0.5) is 4.79 Å². The smallest absolute Gasteiger partial charge is 0.407 e. The Bertz CT molecular complexity index is 727. The number of nitrogens with one attached hydrogen (secondary N) is 1. The van der Waals surface area contributed by atoms with Crippen LogP contribution in [0, 0.1) is 5.92 Å². The number of ether oxygens (including phenoxy) is 1. The topological polar surface area (TPSA) is 94.1 Å². The third-order valence-electron chi connectivity index (χ3n) is 4.11. The first-order valence-electron chi connectivity index (χ1n) is 8.92. The lowest BCUT2D eigenvalue weighted by molar-refractivity contribution is 0.111. The Balaban J connectivity index is 2.89. The molecular weight excluding hydrogens is 368 g/mol. The fourth-order valence-corrected chi connectivity index (χ4v) is 4.20. The molecule has 1 N–H and O–H groups in total. The molecule has 0 spiro atoms. The van der Waals surface area contributed by atoms with Crippen LogP contribution in [0.15, 0.2) is 29.4 Å². The Morgan fingerprint density at radius 3 is 2.22 bits per heavy atom. The van der Waals surface area contributed by atoms with Crippen molar-refractivity contribution < 1.29 is 22.8 Å². The molecule has 0 radical (unpaired) electrons. The van der Waals surface area contributed by atoms with E-state index in [4.69, 9.17) is 4.74 Å². The minimum absolute atomic E-state index is 0.0562. The van der Waals surface area contributed by atoms with E-state index < -0.39 is 27.2 Å². The highest BCUT2D eigenvalue weighted by atomic mass is 32.2. The molecule has 0 saturated heterocycles. The molecule has 152 valence electrons. The van der Waals surface area contributed by atoms with Gasteiger partial charge in [-0.05, 0) is 37.8 Å². The number of sulfone groups is 1. The lowest BCUT2D eigenvalue weighted by Crippen LogP contribution is -2.44. The molecule has 7 nitrogen and oxygen atoms in total. The minimum Gasteiger partial charge on any atom is -0.447 e. The molecule has 0 heterocycles. The number of carbonyl (C=O) groups is 1. The number of amides is 1. The fraction of sp³-hybridized carbons (Fsp3) is 0.579. The van der Waals surface area contributed by atoms with E-state index in [9.17, 15) is 13.2 Å². The second kappa shape index (κ2) is 10.3. The van der Waals surface area contributed by atoms with Crippen LogP contribution in [-0.4, -0.2) is 45.7 Å². The fourth-order valence-electron chi connectivity index (χ4n) is 2.37. The summed E-state index contributed by atoms with van der Waals surface area (Å²) in [4.78, 5) is 16.5. The zero-order valence-electron chi connectivity index (χ0n) is 16.8. The van der Waals surface area contributed by atoms with Gasteiger partial charge in [0, 0.05) is 6.04 Å². The second-order valence-corrected chi connectivity index (χ2v) is 9.37. The van der Waals surface area contributed by atoms with Gasteiger partial charge in [-0.25, -0.2) is 13.2 Å². The van der Waals surface area contributed by atoms with Crippen molar-refractivity contribution in [3.8, 4) is 0 Å². The summed E-state index contributed by atoms with van der Waals surface area (Å²) < 4.78 is 30.8. The maximum atomic E-state index is 12.9. The van der Waals surface area contributed by atoms with Crippen molar-refractivity contribution in [3.63, 3.8) is 0 Å². The van der Waals surface area contributed by atoms with Gasteiger partial charge in [0.15, 0.2) is 9.84 Å². The van der Waals surface area contributed by atoms with Crippen molar-refractivity contribution >= 4 is 22.1 Å². The average Bonchev–Trinajstić information content (AvgIpc) is 2.58. The highest BCUT2D eigenvalue weighted by Gasteiger charge is 2.29. The van der Waals surface area contributed by atoms with Crippen LogP contribution in [0.3, 0.4) is 0 Å². The maximum Gasteiger partial charge on any atom is 0.407 e. The van der Waals surface area contributed by atoms with Crippen LogP contribution in [0.1, 0.15) is 51.0 Å². The first-order valence-corrected chi connectivity index (χ1v) is 10.6. The summed E-state index contributed by atoms with van der Waals surface area (Å²) in [7, 11) is -2.04. The van der Waals surface area contributed by atoms with Crippen LogP contribution in [-0.2, 0) is 19.4 Å². The predicted molar refractivity (Wildman–Crippen MR) is 107 cm³/mol. The molecule has 0 aliphatic carbocycles. The summed E-state index contributed by atoms with van der Waals surface area (Å²) in [5, 5.41) is 5.65. The summed E-state index contributed by atoms with van der Waals surface area (Å²) in [5.41, 5.74) is 1.49. The van der Waals surface area contributed by atoms with Gasteiger partial charge in [-0.2, -0.15) is 0 Å². The quantitative estimate of drug-likeness (QED) is 0.509. The number of alkyl carbamates (subject to hydrolysis) is 1. The van der Waals surface area contributed by atoms with Crippen LogP contribution in [0.25, 0.3) is 0 Å². The largest absolute Gasteiger partial charge is 0.447 e. The highest BCUT2D eigenvalue weighted by molar-refractivity contribution is 7.91. The molecule has 0 aliphatic heterocycles. The van der Waals surface area contributed by atoms with Crippen molar-refractivity contribution in [2.24, 2.45) is 11.1 Å². The van der Waals surface area contributed by atoms with Gasteiger partial charge in [0.05, 0.1) is 23.3 Å². The van der Waals surface area contributed by atoms with Gasteiger partial charge < -0.3 is 14.9 Å². The van der Waals surface area contributed by atoms with Crippen molar-refractivity contribution in [3.05, 3.63) is 35.4 Å². The zero-order chi connectivity index (χ0) is 20.6. The number of carbonyl (C=O) groups excluding carboxylic acids is 1. The number of rotatable bonds is 9. The molecule has 2 atom stereocenters. The van der Waals surface area contributed by atoms with E-state index in [1.807, 2.05) is 13.8 Å². The molecule has 0 aliphatic rings. The molecule has 1 amide bonds. The van der Waals surface area contributed by atoms with E-state index in [0.29, 0.717) is 5.56 Å². The first kappa shape index (κ1) is 23.0. The molecule has 1 rings (SSSR count). The molecular formula is C19H30N2O5S. The second-order valence-electron chi connectivity index (χ2n) is 7.00. The standard InChI is InChI=1S/C19H30N2O5S/c1-13(2)18(21-19(22)26-14(3)4)12-27(23,24)15(5)17-9-7-16(8-10-17)11-20-25-6/h7-11,13-15,18H,12H2,1-6H3,(H,21,22)/b20-11-/t15?,18-/m1/s1. The van der Waals surface area contributed by atoms with Crippen LogP contribution in [0.2, 0.25) is 0 Å². The Kier molecular flexibility index (Phi) is 8.75. The van der Waals surface area contributed by atoms with E-state index >= 15 is 0 Å². The number of nitrogens with zero attached hydrogens (tertiary/aromatic N) is 1. The first-order chi connectivity index (χ1) is 12.6. The lowest BCUT2D eigenvalue weighted by Gasteiger charge is -2.24. The minimum atomic E-state index is -3.49. The lowest BCUT2D eigenvalue weighted by atomic mass is 10.1. The third-order valence-corrected chi connectivity index (χ3v) is 6.29. The number of oxime groups is 1. The summed E-state index contributed by atoms with van der Waals surface area (Å²) in [6, 6.07) is 6.54. The van der Waals surface area contributed by atoms with Gasteiger partial charge in [-0.3, -0.25) is 0 Å². The van der Waals surface area contributed by atoms with Gasteiger partial charge in [0.1, 0.15) is 7.11 Å². The number of hydrogen-bond acceptors (Lipinski definition) is 6. The van der Waals surface area contributed by atoms with Gasteiger partial charge >= 0.3 is 6.09 Å². The van der Waals surface area contributed by atoms with Crippen molar-refractivity contribution in [1.82, 2.24) is 5.32 Å². The Hall–Kier alpha value is -2.09. The normalized spacial score (nSPS) is 14.4. The highest BCUT2D eigenvalue weighted by Crippen LogP contribution is 2.24. The van der Waals surface area contributed by atoms with E-state index in [1.165, 1.54) is 7.11 Å². The van der Waals surface area contributed by atoms with Gasteiger partial charge in [0.2, 0.25) is 0 Å². The zero-order valence-corrected chi connectivity index (χ0v) is 17.6. The SMILES string of the molecule is CO/N=C\c1ccc(C(C)S(=O)(=O)C[C@@H](NC(=O)OC(C)C)C(C)C)cc1. The van der Waals surface area contributed by atoms with Crippen LogP contribution < -0.4 is 5.32 Å². The molecule has 0 bridgehead atoms. The van der Waals surface area contributed by atoms with Crippen LogP contribution in [0.5, 0.6) is 0 Å². The van der Waals surface area contributed by atoms with E-state index in [-0.39, 0.29) is 17.8 Å².